The van der Waals surface area contributed by atoms with Crippen molar-refractivity contribution in [2.24, 2.45) is 0 Å². The summed E-state index contributed by atoms with van der Waals surface area (Å²) in [4.78, 5) is 14.5. The maximum Gasteiger partial charge on any atom is 0.293 e. The molecule has 0 radical (unpaired) electrons. The predicted molar refractivity (Wildman–Crippen MR) is 54.6 cm³/mol. The smallest absolute Gasteiger partial charge is 0.293 e. The van der Waals surface area contributed by atoms with Crippen molar-refractivity contribution >= 4 is 22.4 Å². The van der Waals surface area contributed by atoms with E-state index in [-0.39, 0.29) is 0 Å². The highest BCUT2D eigenvalue weighted by atomic mass is 79.9. The van der Waals surface area contributed by atoms with Gasteiger partial charge in [-0.15, -0.1) is 0 Å². The molecular weight excluding hydrogens is 246 g/mol. The molecule has 74 valence electrons. The van der Waals surface area contributed by atoms with E-state index in [0.29, 0.717) is 6.47 Å². The fourth-order valence-corrected chi connectivity index (χ4v) is 2.09. The molecule has 0 atom stereocenters. The van der Waals surface area contributed by atoms with Crippen LogP contribution in [0.1, 0.15) is 24.8 Å². The van der Waals surface area contributed by atoms with Crippen molar-refractivity contribution in [1.29, 1.82) is 0 Å². The minimum absolute atomic E-state index is 0.404. The van der Waals surface area contributed by atoms with Gasteiger partial charge < -0.3 is 4.74 Å². The number of carbonyl (C=O) groups is 1. The van der Waals surface area contributed by atoms with E-state index in [4.69, 9.17) is 4.74 Å². The van der Waals surface area contributed by atoms with Crippen LogP contribution < -0.4 is 0 Å². The van der Waals surface area contributed by atoms with Crippen LogP contribution >= 0.6 is 15.9 Å². The van der Waals surface area contributed by atoms with E-state index in [1.54, 1.807) is 12.4 Å². The molecule has 0 aromatic carbocycles. The van der Waals surface area contributed by atoms with Crippen LogP contribution in [0.25, 0.3) is 0 Å². The van der Waals surface area contributed by atoms with Crippen molar-refractivity contribution in [3.8, 4) is 0 Å². The van der Waals surface area contributed by atoms with Gasteiger partial charge in [0.05, 0.1) is 0 Å². The highest BCUT2D eigenvalue weighted by Crippen LogP contribution is 2.44. The minimum Gasteiger partial charge on any atom is -0.456 e. The number of rotatable bonds is 3. The van der Waals surface area contributed by atoms with E-state index < -0.39 is 5.60 Å². The standard InChI is InChI=1S/C10H10BrNO2/c11-9-4-8(5-12-6-9)10(14-7-13)2-1-3-10/h4-7H,1-3H2. The number of carbonyl (C=O) groups excluding carboxylic acids is 1. The fourth-order valence-electron chi connectivity index (χ4n) is 1.73. The molecule has 0 amide bonds. The summed E-state index contributed by atoms with van der Waals surface area (Å²) >= 11 is 3.35. The molecule has 1 aliphatic rings. The molecule has 4 heteroatoms. The monoisotopic (exact) mass is 255 g/mol. The lowest BCUT2D eigenvalue weighted by Crippen LogP contribution is -2.36. The van der Waals surface area contributed by atoms with E-state index in [2.05, 4.69) is 20.9 Å². The van der Waals surface area contributed by atoms with Gasteiger partial charge in [0.15, 0.2) is 0 Å². The number of ether oxygens (including phenoxy) is 1. The largest absolute Gasteiger partial charge is 0.456 e. The van der Waals surface area contributed by atoms with Crippen LogP contribution in [0.2, 0.25) is 0 Å². The van der Waals surface area contributed by atoms with Crippen LogP contribution in [0.3, 0.4) is 0 Å². The summed E-state index contributed by atoms with van der Waals surface area (Å²) < 4.78 is 6.08. The predicted octanol–water partition coefficient (Wildman–Crippen LogP) is 2.40. The van der Waals surface area contributed by atoms with Gasteiger partial charge in [-0.05, 0) is 41.3 Å². The topological polar surface area (TPSA) is 39.2 Å². The summed E-state index contributed by atoms with van der Waals surface area (Å²) in [5.41, 5.74) is 0.573. The number of pyridine rings is 1. The third-order valence-corrected chi connectivity index (χ3v) is 3.10. The second kappa shape index (κ2) is 3.69. The van der Waals surface area contributed by atoms with Crippen molar-refractivity contribution in [2.75, 3.05) is 0 Å². The van der Waals surface area contributed by atoms with E-state index in [1.807, 2.05) is 6.07 Å². The maximum absolute atomic E-state index is 10.4. The lowest BCUT2D eigenvalue weighted by atomic mass is 9.75. The molecule has 3 nitrogen and oxygen atoms in total. The Hall–Kier alpha value is -0.900. The Kier molecular flexibility index (Phi) is 2.54. The fraction of sp³-hybridized carbons (Fsp3) is 0.400. The molecule has 0 saturated heterocycles. The van der Waals surface area contributed by atoms with Crippen molar-refractivity contribution in [2.45, 2.75) is 24.9 Å². The second-order valence-corrected chi connectivity index (χ2v) is 4.37. The average Bonchev–Trinajstić information content (AvgIpc) is 2.11. The molecule has 1 fully saturated rings. The van der Waals surface area contributed by atoms with Gasteiger partial charge in [0, 0.05) is 22.4 Å². The first-order valence-electron chi connectivity index (χ1n) is 4.49. The Labute approximate surface area is 90.6 Å². The molecule has 2 rings (SSSR count). The highest BCUT2D eigenvalue weighted by molar-refractivity contribution is 9.10. The van der Waals surface area contributed by atoms with Crippen molar-refractivity contribution in [3.63, 3.8) is 0 Å². The Balaban J connectivity index is 2.31. The number of halogens is 1. The van der Waals surface area contributed by atoms with Crippen molar-refractivity contribution in [1.82, 2.24) is 4.98 Å². The Bertz CT molecular complexity index is 350. The van der Waals surface area contributed by atoms with E-state index in [9.17, 15) is 4.79 Å². The summed E-state index contributed by atoms with van der Waals surface area (Å²) in [6.45, 7) is 0.528. The normalized spacial score (nSPS) is 18.4. The number of nitrogens with zero attached hydrogens (tertiary/aromatic N) is 1. The van der Waals surface area contributed by atoms with E-state index in [1.165, 1.54) is 0 Å². The zero-order valence-electron chi connectivity index (χ0n) is 7.57. The molecule has 1 aromatic rings. The molecule has 0 N–H and O–H groups in total. The summed E-state index contributed by atoms with van der Waals surface area (Å²) in [6.07, 6.45) is 6.36. The van der Waals surface area contributed by atoms with Gasteiger partial charge >= 0.3 is 0 Å². The summed E-state index contributed by atoms with van der Waals surface area (Å²) in [7, 11) is 0. The molecule has 0 bridgehead atoms. The molecule has 1 heterocycles. The Morgan fingerprint density at radius 1 is 1.50 bits per heavy atom. The van der Waals surface area contributed by atoms with Crippen LogP contribution in [-0.4, -0.2) is 11.5 Å². The van der Waals surface area contributed by atoms with Gasteiger partial charge in [0.2, 0.25) is 0 Å². The Morgan fingerprint density at radius 2 is 2.29 bits per heavy atom. The first kappa shape index (κ1) is 9.65. The van der Waals surface area contributed by atoms with Crippen LogP contribution in [-0.2, 0) is 15.1 Å². The molecule has 0 unspecified atom stereocenters. The van der Waals surface area contributed by atoms with Gasteiger partial charge in [-0.1, -0.05) is 0 Å². The highest BCUT2D eigenvalue weighted by Gasteiger charge is 2.41. The van der Waals surface area contributed by atoms with Gasteiger partial charge in [0.1, 0.15) is 5.60 Å². The number of aromatic nitrogens is 1. The lowest BCUT2D eigenvalue weighted by molar-refractivity contribution is -0.155. The first-order chi connectivity index (χ1) is 6.77. The maximum atomic E-state index is 10.4. The quantitative estimate of drug-likeness (QED) is 0.779. The average molecular weight is 256 g/mol. The van der Waals surface area contributed by atoms with Crippen molar-refractivity contribution < 1.29 is 9.53 Å². The molecule has 1 aromatic heterocycles. The van der Waals surface area contributed by atoms with Crippen LogP contribution in [0.5, 0.6) is 0 Å². The molecule has 14 heavy (non-hydrogen) atoms. The minimum atomic E-state index is -0.404. The summed E-state index contributed by atoms with van der Waals surface area (Å²) in [5.74, 6) is 0. The van der Waals surface area contributed by atoms with Gasteiger partial charge in [-0.25, -0.2) is 0 Å². The summed E-state index contributed by atoms with van der Waals surface area (Å²) in [6, 6.07) is 1.95. The molecule has 0 aliphatic heterocycles. The first-order valence-corrected chi connectivity index (χ1v) is 5.29. The Morgan fingerprint density at radius 3 is 2.79 bits per heavy atom. The molecule has 0 spiro atoms. The zero-order valence-corrected chi connectivity index (χ0v) is 9.16. The molecule has 1 saturated carbocycles. The molecular formula is C10H10BrNO2. The van der Waals surface area contributed by atoms with Gasteiger partial charge in [0.25, 0.3) is 6.47 Å². The van der Waals surface area contributed by atoms with Crippen LogP contribution in [0, 0.1) is 0 Å². The third-order valence-electron chi connectivity index (χ3n) is 2.67. The number of hydrogen-bond donors (Lipinski definition) is 0. The van der Waals surface area contributed by atoms with Gasteiger partial charge in [-0.2, -0.15) is 0 Å². The number of hydrogen-bond acceptors (Lipinski definition) is 3. The van der Waals surface area contributed by atoms with E-state index in [0.717, 1.165) is 29.3 Å². The second-order valence-electron chi connectivity index (χ2n) is 3.45. The SMILES string of the molecule is O=COC1(c2cncc(Br)c2)CCC1. The van der Waals surface area contributed by atoms with E-state index >= 15 is 0 Å². The van der Waals surface area contributed by atoms with Crippen LogP contribution in [0.4, 0.5) is 0 Å². The summed E-state index contributed by atoms with van der Waals surface area (Å²) in [5, 5.41) is 0. The molecule has 1 aliphatic carbocycles. The third kappa shape index (κ3) is 1.54. The van der Waals surface area contributed by atoms with Crippen LogP contribution in [0.15, 0.2) is 22.9 Å². The zero-order chi connectivity index (χ0) is 10.0. The lowest BCUT2D eigenvalue weighted by Gasteiger charge is -2.39. The van der Waals surface area contributed by atoms with Crippen molar-refractivity contribution in [3.05, 3.63) is 28.5 Å². The van der Waals surface area contributed by atoms with Gasteiger partial charge in [-0.3, -0.25) is 9.78 Å².